The molecule has 2 rings (SSSR count). The average molecular weight is 620 g/mol. The van der Waals surface area contributed by atoms with Crippen LogP contribution in [-0.2, 0) is 23.9 Å². The molecule has 11 heteroatoms. The number of methoxy groups -OCH3 is 1. The lowest BCUT2D eigenvalue weighted by Gasteiger charge is -2.25. The zero-order chi connectivity index (χ0) is 33.5. The molecule has 1 aliphatic carbocycles. The lowest BCUT2D eigenvalue weighted by molar-refractivity contribution is -0.144. The first-order valence-corrected chi connectivity index (χ1v) is 16.1. The van der Waals surface area contributed by atoms with Gasteiger partial charge in [0.05, 0.1) is 13.7 Å². The molecular formula is C33H57N5O6. The SMILES string of the molecule is CC.CCC.CCC(C)C(NC(=O)NCC(=O)N[C@H]1CCCCNC(=O)/C=C/[C@H](CC2C=CC(C)=CC2)NC1=O)C(=O)OC. The summed E-state index contributed by atoms with van der Waals surface area (Å²) >= 11 is 0. The normalized spacial score (nSPS) is 22.1. The lowest BCUT2D eigenvalue weighted by atomic mass is 9.91. The van der Waals surface area contributed by atoms with E-state index in [0.29, 0.717) is 38.6 Å². The molecule has 0 radical (unpaired) electrons. The molecule has 5 N–H and O–H groups in total. The highest BCUT2D eigenvalue weighted by Gasteiger charge is 2.28. The molecule has 0 bridgehead atoms. The molecule has 250 valence electrons. The third-order valence-corrected chi connectivity index (χ3v) is 6.97. The largest absolute Gasteiger partial charge is 0.467 e. The minimum Gasteiger partial charge on any atom is -0.467 e. The molecule has 44 heavy (non-hydrogen) atoms. The van der Waals surface area contributed by atoms with Gasteiger partial charge in [0.2, 0.25) is 17.7 Å². The highest BCUT2D eigenvalue weighted by atomic mass is 16.5. The Morgan fingerprint density at radius 3 is 2.34 bits per heavy atom. The van der Waals surface area contributed by atoms with E-state index in [4.69, 9.17) is 4.74 Å². The van der Waals surface area contributed by atoms with Gasteiger partial charge in [0.25, 0.3) is 0 Å². The van der Waals surface area contributed by atoms with Crippen molar-refractivity contribution in [3.63, 3.8) is 0 Å². The van der Waals surface area contributed by atoms with Crippen molar-refractivity contribution >= 4 is 29.7 Å². The van der Waals surface area contributed by atoms with Crippen molar-refractivity contribution in [3.8, 4) is 0 Å². The van der Waals surface area contributed by atoms with Crippen LogP contribution in [0.5, 0.6) is 0 Å². The third kappa shape index (κ3) is 16.9. The Hall–Kier alpha value is -3.63. The first-order valence-electron chi connectivity index (χ1n) is 16.1. The van der Waals surface area contributed by atoms with Gasteiger partial charge in [0, 0.05) is 18.7 Å². The number of nitrogens with one attached hydrogen (secondary N) is 5. The second-order valence-electron chi connectivity index (χ2n) is 10.8. The summed E-state index contributed by atoms with van der Waals surface area (Å²) in [7, 11) is 1.25. The predicted molar refractivity (Wildman–Crippen MR) is 175 cm³/mol. The van der Waals surface area contributed by atoms with Crippen molar-refractivity contribution in [1.29, 1.82) is 0 Å². The molecule has 5 amide bonds. The summed E-state index contributed by atoms with van der Waals surface area (Å²) in [5.41, 5.74) is 1.19. The van der Waals surface area contributed by atoms with Crippen LogP contribution in [0.3, 0.4) is 0 Å². The van der Waals surface area contributed by atoms with Crippen LogP contribution in [-0.4, -0.2) is 68.0 Å². The van der Waals surface area contributed by atoms with E-state index in [0.717, 1.165) is 6.42 Å². The number of carbonyl (C=O) groups is 5. The Labute approximate surface area is 264 Å². The van der Waals surface area contributed by atoms with Crippen LogP contribution in [0.25, 0.3) is 0 Å². The maximum absolute atomic E-state index is 13.2. The number of hydrogen-bond donors (Lipinski definition) is 5. The second kappa shape index (κ2) is 23.8. The Bertz CT molecular complexity index is 993. The van der Waals surface area contributed by atoms with E-state index in [9.17, 15) is 24.0 Å². The molecule has 0 saturated carbocycles. The van der Waals surface area contributed by atoms with Crippen LogP contribution < -0.4 is 26.6 Å². The van der Waals surface area contributed by atoms with Gasteiger partial charge in [-0.3, -0.25) is 14.4 Å². The van der Waals surface area contributed by atoms with Crippen molar-refractivity contribution in [2.45, 2.75) is 112 Å². The first kappa shape index (κ1) is 40.4. The van der Waals surface area contributed by atoms with E-state index >= 15 is 0 Å². The molecule has 0 aromatic carbocycles. The monoisotopic (exact) mass is 619 g/mol. The number of hydrogen-bond acceptors (Lipinski definition) is 6. The quantitative estimate of drug-likeness (QED) is 0.245. The predicted octanol–water partition coefficient (Wildman–Crippen LogP) is 4.05. The summed E-state index contributed by atoms with van der Waals surface area (Å²) in [6.07, 6.45) is 14.4. The van der Waals surface area contributed by atoms with Crippen molar-refractivity contribution in [2.24, 2.45) is 11.8 Å². The van der Waals surface area contributed by atoms with Gasteiger partial charge in [-0.1, -0.05) is 84.3 Å². The van der Waals surface area contributed by atoms with Crippen molar-refractivity contribution < 1.29 is 28.7 Å². The molecular weight excluding hydrogens is 562 g/mol. The number of amides is 5. The van der Waals surface area contributed by atoms with Crippen molar-refractivity contribution in [3.05, 3.63) is 36.0 Å². The van der Waals surface area contributed by atoms with Gasteiger partial charge in [-0.15, -0.1) is 0 Å². The molecule has 3 unspecified atom stereocenters. The summed E-state index contributed by atoms with van der Waals surface area (Å²) < 4.78 is 4.76. The summed E-state index contributed by atoms with van der Waals surface area (Å²) in [5.74, 6) is -1.61. The van der Waals surface area contributed by atoms with Gasteiger partial charge in [-0.25, -0.2) is 9.59 Å². The molecule has 0 saturated heterocycles. The number of carbonyl (C=O) groups excluding carboxylic acids is 5. The number of esters is 1. The Balaban J connectivity index is 0.00000347. The van der Waals surface area contributed by atoms with Gasteiger partial charge >= 0.3 is 12.0 Å². The van der Waals surface area contributed by atoms with E-state index in [1.54, 1.807) is 6.08 Å². The van der Waals surface area contributed by atoms with Gasteiger partial charge in [-0.2, -0.15) is 0 Å². The molecule has 1 heterocycles. The van der Waals surface area contributed by atoms with E-state index in [1.165, 1.54) is 25.2 Å². The number of ether oxygens (including phenoxy) is 1. The Kier molecular flexibility index (Phi) is 21.8. The maximum Gasteiger partial charge on any atom is 0.328 e. The lowest BCUT2D eigenvalue weighted by Crippen LogP contribution is -2.54. The average Bonchev–Trinajstić information content (AvgIpc) is 3.01. The number of urea groups is 1. The summed E-state index contributed by atoms with van der Waals surface area (Å²) in [6, 6.07) is -2.73. The summed E-state index contributed by atoms with van der Waals surface area (Å²) in [6.45, 7) is 14.1. The third-order valence-electron chi connectivity index (χ3n) is 6.97. The molecule has 1 aliphatic heterocycles. The smallest absolute Gasteiger partial charge is 0.328 e. The fraction of sp³-hybridized carbons (Fsp3) is 0.667. The highest BCUT2D eigenvalue weighted by molar-refractivity contribution is 5.91. The summed E-state index contributed by atoms with van der Waals surface area (Å²) in [5, 5.41) is 13.5. The minimum atomic E-state index is -0.843. The number of rotatable bonds is 9. The zero-order valence-electron chi connectivity index (χ0n) is 28.1. The number of allylic oxidation sites excluding steroid dienone is 4. The first-order chi connectivity index (χ1) is 21.0. The van der Waals surface area contributed by atoms with Crippen LogP contribution in [0.2, 0.25) is 0 Å². The molecule has 0 fully saturated rings. The van der Waals surface area contributed by atoms with Gasteiger partial charge in [0.1, 0.15) is 12.1 Å². The maximum atomic E-state index is 13.2. The molecule has 0 aromatic heterocycles. The summed E-state index contributed by atoms with van der Waals surface area (Å²) in [4.78, 5) is 62.3. The zero-order valence-corrected chi connectivity index (χ0v) is 28.1. The van der Waals surface area contributed by atoms with Crippen molar-refractivity contribution in [2.75, 3.05) is 20.2 Å². The standard InChI is InChI=1S/C28H43N5O6.C3H8.C2H6/c1-5-19(3)25(27(37)39-4)33-28(38)30-17-24(35)32-22-8-6-7-15-29-23(34)14-13-21(31-26(22)36)16-20-11-9-18(2)10-12-20;1-3-2;1-2/h9-11,13-14,19-22,25H,5-8,12,15-17H2,1-4H3,(H,29,34)(H,31,36)(H,32,35)(H2,30,33,38);3H2,1-2H3;1-2H3/b14-13+;;/t19?,20?,21-,22+,25?;;/m1../s1. The fourth-order valence-electron chi connectivity index (χ4n) is 4.35. The molecule has 11 nitrogen and oxygen atoms in total. The van der Waals surface area contributed by atoms with E-state index in [1.807, 2.05) is 40.7 Å². The van der Waals surface area contributed by atoms with Crippen LogP contribution in [0.1, 0.15) is 93.4 Å². The van der Waals surface area contributed by atoms with E-state index < -0.39 is 36.0 Å². The van der Waals surface area contributed by atoms with Crippen LogP contribution >= 0.6 is 0 Å². The molecule has 5 atom stereocenters. The van der Waals surface area contributed by atoms with Crippen LogP contribution in [0, 0.1) is 11.8 Å². The van der Waals surface area contributed by atoms with Gasteiger partial charge < -0.3 is 31.3 Å². The molecule has 2 aliphatic rings. The fourth-order valence-corrected chi connectivity index (χ4v) is 4.35. The minimum absolute atomic E-state index is 0.159. The molecule has 0 aromatic rings. The second-order valence-corrected chi connectivity index (χ2v) is 10.8. The Morgan fingerprint density at radius 1 is 1.07 bits per heavy atom. The Morgan fingerprint density at radius 2 is 1.75 bits per heavy atom. The van der Waals surface area contributed by atoms with E-state index in [2.05, 4.69) is 52.6 Å². The molecule has 0 spiro atoms. The van der Waals surface area contributed by atoms with Crippen LogP contribution in [0.4, 0.5) is 4.79 Å². The van der Waals surface area contributed by atoms with Crippen LogP contribution in [0.15, 0.2) is 36.0 Å². The van der Waals surface area contributed by atoms with Gasteiger partial charge in [0.15, 0.2) is 0 Å². The van der Waals surface area contributed by atoms with Crippen molar-refractivity contribution in [1.82, 2.24) is 26.6 Å². The highest BCUT2D eigenvalue weighted by Crippen LogP contribution is 2.21. The van der Waals surface area contributed by atoms with E-state index in [-0.39, 0.29) is 30.2 Å². The topological polar surface area (TPSA) is 155 Å². The van der Waals surface area contributed by atoms with Gasteiger partial charge in [-0.05, 0) is 50.9 Å².